The van der Waals surface area contributed by atoms with Crippen molar-refractivity contribution < 1.29 is 13.5 Å². The van der Waals surface area contributed by atoms with Crippen LogP contribution in [-0.4, -0.2) is 38.2 Å². The van der Waals surface area contributed by atoms with Crippen LogP contribution in [0.15, 0.2) is 11.0 Å². The third kappa shape index (κ3) is 4.98. The number of sulfonamides is 1. The lowest BCUT2D eigenvalue weighted by Crippen LogP contribution is -2.28. The molecular weight excluding hydrogens is 306 g/mol. The van der Waals surface area contributed by atoms with Crippen LogP contribution < -0.4 is 4.72 Å². The van der Waals surface area contributed by atoms with Gasteiger partial charge in [0.2, 0.25) is 10.0 Å². The van der Waals surface area contributed by atoms with Crippen molar-refractivity contribution in [1.82, 2.24) is 4.72 Å². The summed E-state index contributed by atoms with van der Waals surface area (Å²) in [7, 11) is -3.47. The van der Waals surface area contributed by atoms with Crippen molar-refractivity contribution in [2.45, 2.75) is 39.0 Å². The Morgan fingerprint density at radius 1 is 1.10 bits per heavy atom. The number of aliphatic hydroxyl groups is 1. The Kier molecular flexibility index (Phi) is 7.20. The maximum Gasteiger partial charge on any atom is 0.241 e. The van der Waals surface area contributed by atoms with E-state index in [9.17, 15) is 8.42 Å². The van der Waals surface area contributed by atoms with Crippen LogP contribution in [-0.2, 0) is 10.0 Å². The molecule has 0 heterocycles. The van der Waals surface area contributed by atoms with Crippen LogP contribution >= 0.6 is 11.8 Å². The molecule has 21 heavy (non-hydrogen) atoms. The third-order valence-electron chi connectivity index (χ3n) is 3.55. The Morgan fingerprint density at radius 2 is 1.67 bits per heavy atom. The molecule has 120 valence electrons. The van der Waals surface area contributed by atoms with Crippen molar-refractivity contribution in [1.29, 1.82) is 0 Å². The number of hydrogen-bond acceptors (Lipinski definition) is 4. The molecule has 0 unspecified atom stereocenters. The predicted molar refractivity (Wildman–Crippen MR) is 89.6 cm³/mol. The topological polar surface area (TPSA) is 66.4 Å². The summed E-state index contributed by atoms with van der Waals surface area (Å²) in [5.74, 6) is 1.56. The Bertz CT molecular complexity index is 557. The first-order valence-corrected chi connectivity index (χ1v) is 9.70. The molecule has 0 radical (unpaired) electrons. The van der Waals surface area contributed by atoms with E-state index in [0.29, 0.717) is 17.2 Å². The highest BCUT2D eigenvalue weighted by Crippen LogP contribution is 2.25. The largest absolute Gasteiger partial charge is 0.396 e. The molecule has 0 saturated carbocycles. The maximum absolute atomic E-state index is 12.5. The van der Waals surface area contributed by atoms with Gasteiger partial charge in [-0.1, -0.05) is 6.07 Å². The van der Waals surface area contributed by atoms with Gasteiger partial charge >= 0.3 is 0 Å². The van der Waals surface area contributed by atoms with Crippen molar-refractivity contribution in [3.63, 3.8) is 0 Å². The lowest BCUT2D eigenvalue weighted by molar-refractivity contribution is 0.296. The minimum Gasteiger partial charge on any atom is -0.396 e. The second kappa shape index (κ2) is 8.17. The molecule has 0 bridgehead atoms. The third-order valence-corrected chi connectivity index (χ3v) is 6.36. The minimum absolute atomic E-state index is 0.180. The molecule has 1 aromatic rings. The highest BCUT2D eigenvalue weighted by Gasteiger charge is 2.21. The summed E-state index contributed by atoms with van der Waals surface area (Å²) in [4.78, 5) is 0.417. The summed E-state index contributed by atoms with van der Waals surface area (Å²) < 4.78 is 27.7. The maximum atomic E-state index is 12.5. The number of nitrogens with one attached hydrogen (secondary N) is 1. The summed E-state index contributed by atoms with van der Waals surface area (Å²) in [6, 6.07) is 2.02. The molecule has 0 aliphatic heterocycles. The molecule has 0 aliphatic rings. The van der Waals surface area contributed by atoms with Gasteiger partial charge in [-0.15, -0.1) is 0 Å². The average molecular weight is 332 g/mol. The molecule has 6 heteroatoms. The van der Waals surface area contributed by atoms with E-state index in [1.807, 2.05) is 33.8 Å². The van der Waals surface area contributed by atoms with Crippen LogP contribution in [0.5, 0.6) is 0 Å². The molecule has 0 spiro atoms. The van der Waals surface area contributed by atoms with Crippen LogP contribution in [0, 0.1) is 27.7 Å². The number of hydrogen-bond donors (Lipinski definition) is 2. The van der Waals surface area contributed by atoms with Gasteiger partial charge in [0.25, 0.3) is 0 Å². The van der Waals surface area contributed by atoms with E-state index >= 15 is 0 Å². The van der Waals surface area contributed by atoms with Crippen molar-refractivity contribution in [2.24, 2.45) is 0 Å². The zero-order valence-electron chi connectivity index (χ0n) is 13.2. The first-order valence-electron chi connectivity index (χ1n) is 7.07. The monoisotopic (exact) mass is 331 g/mol. The molecular formula is C15H25NO3S2. The summed E-state index contributed by atoms with van der Waals surface area (Å²) >= 11 is 1.64. The van der Waals surface area contributed by atoms with Crippen LogP contribution in [0.25, 0.3) is 0 Å². The molecule has 0 saturated heterocycles. The Hall–Kier alpha value is -0.560. The molecule has 0 amide bonds. The van der Waals surface area contributed by atoms with Gasteiger partial charge in [0.1, 0.15) is 0 Å². The van der Waals surface area contributed by atoms with Crippen molar-refractivity contribution in [3.8, 4) is 0 Å². The molecule has 4 nitrogen and oxygen atoms in total. The zero-order chi connectivity index (χ0) is 16.0. The van der Waals surface area contributed by atoms with E-state index < -0.39 is 10.0 Å². The fourth-order valence-corrected chi connectivity index (χ4v) is 4.73. The van der Waals surface area contributed by atoms with Crippen LogP contribution in [0.3, 0.4) is 0 Å². The fourth-order valence-electron chi connectivity index (χ4n) is 2.17. The van der Waals surface area contributed by atoms with Crippen LogP contribution in [0.1, 0.15) is 28.7 Å². The smallest absolute Gasteiger partial charge is 0.241 e. The normalized spacial score (nSPS) is 11.9. The molecule has 2 N–H and O–H groups in total. The summed E-state index contributed by atoms with van der Waals surface area (Å²) in [6.07, 6.45) is 0.743. The molecule has 1 aromatic carbocycles. The highest BCUT2D eigenvalue weighted by molar-refractivity contribution is 7.99. The van der Waals surface area contributed by atoms with E-state index in [-0.39, 0.29) is 6.61 Å². The van der Waals surface area contributed by atoms with Crippen LogP contribution in [0.2, 0.25) is 0 Å². The fraction of sp³-hybridized carbons (Fsp3) is 0.600. The summed E-state index contributed by atoms with van der Waals surface area (Å²) in [5, 5.41) is 8.69. The Balaban J connectivity index is 2.80. The SMILES string of the molecule is Cc1cc(C)c(C)c(S(=O)(=O)NCCSCCCO)c1C. The Labute approximate surface area is 132 Å². The molecule has 0 aliphatic carbocycles. The number of benzene rings is 1. The first-order chi connectivity index (χ1) is 9.81. The standard InChI is InChI=1S/C15H25NO3S2/c1-11-10-12(2)14(4)15(13(11)3)21(18,19)16-6-9-20-8-5-7-17/h10,16-17H,5-9H2,1-4H3. The Morgan fingerprint density at radius 3 is 2.19 bits per heavy atom. The van der Waals surface area contributed by atoms with E-state index in [0.717, 1.165) is 34.4 Å². The van der Waals surface area contributed by atoms with Gasteiger partial charge in [-0.2, -0.15) is 11.8 Å². The van der Waals surface area contributed by atoms with E-state index in [1.165, 1.54) is 0 Å². The van der Waals surface area contributed by atoms with Gasteiger partial charge in [0.15, 0.2) is 0 Å². The lowest BCUT2D eigenvalue weighted by Gasteiger charge is -2.16. The average Bonchev–Trinajstić information content (AvgIpc) is 2.40. The molecule has 0 fully saturated rings. The number of thioether (sulfide) groups is 1. The van der Waals surface area contributed by atoms with Gasteiger partial charge in [0.05, 0.1) is 4.90 Å². The minimum atomic E-state index is -3.47. The summed E-state index contributed by atoms with van der Waals surface area (Å²) in [5.41, 5.74) is 3.63. The van der Waals surface area contributed by atoms with Gasteiger partial charge < -0.3 is 5.11 Å². The molecule has 1 rings (SSSR count). The highest BCUT2D eigenvalue weighted by atomic mass is 32.2. The molecule has 0 atom stereocenters. The van der Waals surface area contributed by atoms with Gasteiger partial charge in [0, 0.05) is 18.9 Å². The first kappa shape index (κ1) is 18.5. The quantitative estimate of drug-likeness (QED) is 0.718. The second-order valence-corrected chi connectivity index (χ2v) is 8.11. The summed E-state index contributed by atoms with van der Waals surface area (Å²) in [6.45, 7) is 8.17. The van der Waals surface area contributed by atoms with Gasteiger partial charge in [-0.05, 0) is 62.1 Å². The van der Waals surface area contributed by atoms with Crippen LogP contribution in [0.4, 0.5) is 0 Å². The van der Waals surface area contributed by atoms with Gasteiger partial charge in [-0.25, -0.2) is 13.1 Å². The van der Waals surface area contributed by atoms with Crippen molar-refractivity contribution >= 4 is 21.8 Å². The van der Waals surface area contributed by atoms with Crippen molar-refractivity contribution in [3.05, 3.63) is 28.3 Å². The predicted octanol–water partition coefficient (Wildman–Crippen LogP) is 2.31. The van der Waals surface area contributed by atoms with E-state index in [2.05, 4.69) is 4.72 Å². The number of aliphatic hydroxyl groups excluding tert-OH is 1. The van der Waals surface area contributed by atoms with E-state index in [4.69, 9.17) is 5.11 Å². The van der Waals surface area contributed by atoms with Crippen molar-refractivity contribution in [2.75, 3.05) is 24.7 Å². The number of rotatable bonds is 8. The lowest BCUT2D eigenvalue weighted by atomic mass is 10.0. The second-order valence-electron chi connectivity index (χ2n) is 5.18. The molecule has 0 aromatic heterocycles. The van der Waals surface area contributed by atoms with E-state index in [1.54, 1.807) is 11.8 Å². The number of aryl methyl sites for hydroxylation is 2. The zero-order valence-corrected chi connectivity index (χ0v) is 14.8. The van der Waals surface area contributed by atoms with Gasteiger partial charge in [-0.3, -0.25) is 0 Å².